The van der Waals surface area contributed by atoms with E-state index >= 15 is 0 Å². The second-order valence-corrected chi connectivity index (χ2v) is 5.28. The van der Waals surface area contributed by atoms with Crippen LogP contribution in [0.1, 0.15) is 22.9 Å². The van der Waals surface area contributed by atoms with Crippen LogP contribution in [-0.4, -0.2) is 9.55 Å². The number of H-pyrrole nitrogens is 1. The zero-order chi connectivity index (χ0) is 14.6. The second-order valence-electron chi connectivity index (χ2n) is 4.90. The van der Waals surface area contributed by atoms with Crippen molar-refractivity contribution in [2.75, 3.05) is 0 Å². The van der Waals surface area contributed by atoms with E-state index in [1.165, 1.54) is 0 Å². The van der Waals surface area contributed by atoms with Crippen LogP contribution in [0.3, 0.4) is 0 Å². The number of hydrogen-bond acceptors (Lipinski definition) is 1. The number of aromatic nitrogens is 2. The third-order valence-corrected chi connectivity index (χ3v) is 4.02. The molecule has 7 heteroatoms. The average molecular weight is 302 g/mol. The normalized spacial score (nSPS) is 17.6. The van der Waals surface area contributed by atoms with E-state index in [1.807, 2.05) is 0 Å². The Hall–Kier alpha value is -1.63. The molecule has 2 heterocycles. The smallest absolute Gasteiger partial charge is 0.177 e. The van der Waals surface area contributed by atoms with Gasteiger partial charge in [-0.1, -0.05) is 0 Å². The van der Waals surface area contributed by atoms with Crippen molar-refractivity contribution in [2.45, 2.75) is 25.8 Å². The van der Waals surface area contributed by atoms with E-state index in [-0.39, 0.29) is 19.0 Å². The number of rotatable bonds is 1. The van der Waals surface area contributed by atoms with Crippen LogP contribution in [0, 0.1) is 35.0 Å². The van der Waals surface area contributed by atoms with E-state index in [1.54, 1.807) is 11.5 Å². The lowest BCUT2D eigenvalue weighted by molar-refractivity contribution is 0.423. The summed E-state index contributed by atoms with van der Waals surface area (Å²) in [6, 6.07) is 0.223. The molecule has 0 radical (unpaired) electrons. The van der Waals surface area contributed by atoms with E-state index in [2.05, 4.69) is 4.98 Å². The summed E-state index contributed by atoms with van der Waals surface area (Å²) in [5.74, 6) is -6.07. The van der Waals surface area contributed by atoms with Gasteiger partial charge in [-0.3, -0.25) is 0 Å². The Morgan fingerprint density at radius 1 is 1.20 bits per heavy atom. The second kappa shape index (κ2) is 4.44. The fourth-order valence-electron chi connectivity index (χ4n) is 2.74. The molecule has 2 nitrogen and oxygen atoms in total. The molecular formula is C13H10F4N2S. The molecule has 0 bridgehead atoms. The standard InChI is InChI=1S/C13H10F4N2S/c1-5-9-2-6(4-19(9)13(20)18-5)10-11(16)7(14)3-8(15)12(10)17/h3,6H,2,4H2,1H3,(H,18,20)/t6-/m1/s1. The van der Waals surface area contributed by atoms with Crippen LogP contribution < -0.4 is 0 Å². The third kappa shape index (κ3) is 1.80. The minimum absolute atomic E-state index is 0.204. The molecule has 106 valence electrons. The van der Waals surface area contributed by atoms with Gasteiger partial charge in [0.05, 0.1) is 0 Å². The fraction of sp³-hybridized carbons (Fsp3) is 0.308. The molecular weight excluding hydrogens is 292 g/mol. The number of imidazole rings is 1. The summed E-state index contributed by atoms with van der Waals surface area (Å²) in [6.45, 7) is 2.00. The van der Waals surface area contributed by atoms with Gasteiger partial charge >= 0.3 is 0 Å². The van der Waals surface area contributed by atoms with Gasteiger partial charge in [0.15, 0.2) is 28.0 Å². The Bertz CT molecular complexity index is 736. The highest BCUT2D eigenvalue weighted by Crippen LogP contribution is 2.35. The first kappa shape index (κ1) is 13.4. The number of nitrogens with zero attached hydrogens (tertiary/aromatic N) is 1. The van der Waals surface area contributed by atoms with Crippen molar-refractivity contribution in [1.29, 1.82) is 0 Å². The number of hydrogen-bond donors (Lipinski definition) is 1. The molecule has 1 aliphatic heterocycles. The summed E-state index contributed by atoms with van der Waals surface area (Å²) >= 11 is 5.09. The lowest BCUT2D eigenvalue weighted by Gasteiger charge is -2.13. The monoisotopic (exact) mass is 302 g/mol. The molecule has 0 saturated heterocycles. The van der Waals surface area contributed by atoms with Crippen LogP contribution in [0.15, 0.2) is 6.07 Å². The summed E-state index contributed by atoms with van der Waals surface area (Å²) in [7, 11) is 0. The van der Waals surface area contributed by atoms with Crippen molar-refractivity contribution >= 4 is 12.2 Å². The Morgan fingerprint density at radius 3 is 2.35 bits per heavy atom. The van der Waals surface area contributed by atoms with E-state index in [0.717, 1.165) is 11.4 Å². The zero-order valence-corrected chi connectivity index (χ0v) is 11.3. The molecule has 1 N–H and O–H groups in total. The molecule has 1 atom stereocenters. The van der Waals surface area contributed by atoms with Crippen LogP contribution in [0.4, 0.5) is 17.6 Å². The van der Waals surface area contributed by atoms with Gasteiger partial charge in [-0.2, -0.15) is 0 Å². The SMILES string of the molecule is Cc1[nH]c(=S)n2c1C[C@@H](c1c(F)c(F)cc(F)c1F)C2. The summed E-state index contributed by atoms with van der Waals surface area (Å²) in [5, 5.41) is 0. The van der Waals surface area contributed by atoms with E-state index in [4.69, 9.17) is 12.2 Å². The number of benzene rings is 1. The molecule has 2 aromatic rings. The van der Waals surface area contributed by atoms with Gasteiger partial charge in [-0.05, 0) is 25.6 Å². The molecule has 1 aromatic heterocycles. The molecule has 0 unspecified atom stereocenters. The number of nitrogens with one attached hydrogen (secondary N) is 1. The predicted octanol–water partition coefficient (Wildman–Crippen LogP) is 3.75. The molecule has 0 spiro atoms. The highest BCUT2D eigenvalue weighted by Gasteiger charge is 2.32. The molecule has 1 aromatic carbocycles. The van der Waals surface area contributed by atoms with Gasteiger partial charge in [0.1, 0.15) is 0 Å². The van der Waals surface area contributed by atoms with Gasteiger partial charge in [-0.15, -0.1) is 0 Å². The summed E-state index contributed by atoms with van der Waals surface area (Å²) in [6.07, 6.45) is 0.287. The van der Waals surface area contributed by atoms with Crippen molar-refractivity contribution in [3.8, 4) is 0 Å². The lowest BCUT2D eigenvalue weighted by atomic mass is 9.95. The Labute approximate surface area is 117 Å². The lowest BCUT2D eigenvalue weighted by Crippen LogP contribution is -2.10. The summed E-state index contributed by atoms with van der Waals surface area (Å²) in [5.41, 5.74) is 1.07. The van der Waals surface area contributed by atoms with E-state index < -0.39 is 34.8 Å². The minimum Gasteiger partial charge on any atom is -0.335 e. The molecule has 0 aliphatic carbocycles. The molecule has 0 amide bonds. The third-order valence-electron chi connectivity index (χ3n) is 3.69. The van der Waals surface area contributed by atoms with Crippen molar-refractivity contribution in [3.63, 3.8) is 0 Å². The summed E-state index contributed by atoms with van der Waals surface area (Å²) < 4.78 is 56.3. The van der Waals surface area contributed by atoms with Crippen LogP contribution >= 0.6 is 12.2 Å². The number of halogens is 4. The van der Waals surface area contributed by atoms with Crippen LogP contribution in [0.2, 0.25) is 0 Å². The largest absolute Gasteiger partial charge is 0.335 e. The topological polar surface area (TPSA) is 20.7 Å². The van der Waals surface area contributed by atoms with Crippen LogP contribution in [0.5, 0.6) is 0 Å². The van der Waals surface area contributed by atoms with E-state index in [0.29, 0.717) is 4.77 Å². The Balaban J connectivity index is 2.10. The average Bonchev–Trinajstić information content (AvgIpc) is 2.91. The van der Waals surface area contributed by atoms with Crippen LogP contribution in [0.25, 0.3) is 0 Å². The molecule has 3 rings (SSSR count). The molecule has 0 fully saturated rings. The van der Waals surface area contributed by atoms with Gasteiger partial charge in [-0.25, -0.2) is 17.6 Å². The molecule has 20 heavy (non-hydrogen) atoms. The first-order valence-corrected chi connectivity index (χ1v) is 6.42. The molecule has 0 saturated carbocycles. The number of fused-ring (bicyclic) bond motifs is 1. The Morgan fingerprint density at radius 2 is 1.80 bits per heavy atom. The maximum atomic E-state index is 13.8. The van der Waals surface area contributed by atoms with Crippen molar-refractivity contribution in [1.82, 2.24) is 9.55 Å². The first-order valence-electron chi connectivity index (χ1n) is 6.01. The van der Waals surface area contributed by atoms with Crippen molar-refractivity contribution < 1.29 is 17.6 Å². The predicted molar refractivity (Wildman–Crippen MR) is 67.1 cm³/mol. The van der Waals surface area contributed by atoms with Crippen LogP contribution in [-0.2, 0) is 13.0 Å². The van der Waals surface area contributed by atoms with Crippen molar-refractivity contribution in [2.24, 2.45) is 0 Å². The quantitative estimate of drug-likeness (QED) is 0.483. The van der Waals surface area contributed by atoms with Gasteiger partial charge in [0, 0.05) is 35.5 Å². The fourth-order valence-corrected chi connectivity index (χ4v) is 3.08. The number of aryl methyl sites for hydroxylation is 1. The first-order chi connectivity index (χ1) is 9.40. The van der Waals surface area contributed by atoms with Gasteiger partial charge in [0.25, 0.3) is 0 Å². The number of aromatic amines is 1. The highest BCUT2D eigenvalue weighted by molar-refractivity contribution is 7.71. The van der Waals surface area contributed by atoms with E-state index in [9.17, 15) is 17.6 Å². The van der Waals surface area contributed by atoms with Crippen molar-refractivity contribution in [3.05, 3.63) is 51.1 Å². The Kier molecular flexibility index (Phi) is 2.97. The maximum Gasteiger partial charge on any atom is 0.177 e. The van der Waals surface area contributed by atoms with Gasteiger partial charge < -0.3 is 9.55 Å². The molecule has 1 aliphatic rings. The van der Waals surface area contributed by atoms with Gasteiger partial charge in [0.2, 0.25) is 0 Å². The zero-order valence-electron chi connectivity index (χ0n) is 10.4. The minimum atomic E-state index is -1.38. The summed E-state index contributed by atoms with van der Waals surface area (Å²) in [4.78, 5) is 2.94. The highest BCUT2D eigenvalue weighted by atomic mass is 32.1. The maximum absolute atomic E-state index is 13.8.